The van der Waals surface area contributed by atoms with E-state index in [1.807, 2.05) is 5.57 Å². The summed E-state index contributed by atoms with van der Waals surface area (Å²) in [6.07, 6.45) is 38.9. The third kappa shape index (κ3) is 7.56. The standard InChI is InChI=1S/C43H72/c1-5-11-31-14-8-17-35(24-31)37-21-20-34-22-23-40-42(30(4)41(34)27-37)28-39(36-18-9-15-32(25-36)12-6-2)29-43(40)38-19-10-16-33(26-38)13-7-3/h27,31-40,42-43H,4-26,28-29H2,1-3H3. The fourth-order valence-electron chi connectivity index (χ4n) is 13.0. The Morgan fingerprint density at radius 3 is 1.74 bits per heavy atom. The highest BCUT2D eigenvalue weighted by atomic mass is 14.5. The van der Waals surface area contributed by atoms with Gasteiger partial charge in [-0.25, -0.2) is 0 Å². The highest BCUT2D eigenvalue weighted by molar-refractivity contribution is 5.37. The van der Waals surface area contributed by atoms with E-state index in [9.17, 15) is 0 Å². The average molecular weight is 589 g/mol. The lowest BCUT2D eigenvalue weighted by Gasteiger charge is -2.50. The molecule has 0 heterocycles. The molecule has 5 fully saturated rings. The number of hydrogen-bond donors (Lipinski definition) is 0. The van der Waals surface area contributed by atoms with Gasteiger partial charge < -0.3 is 0 Å². The molecule has 244 valence electrons. The normalized spacial score (nSPS) is 44.2. The molecule has 6 aliphatic carbocycles. The van der Waals surface area contributed by atoms with Crippen molar-refractivity contribution in [3.63, 3.8) is 0 Å². The van der Waals surface area contributed by atoms with Crippen LogP contribution in [0, 0.1) is 71.0 Å². The van der Waals surface area contributed by atoms with Crippen LogP contribution in [0.25, 0.3) is 0 Å². The van der Waals surface area contributed by atoms with Crippen molar-refractivity contribution < 1.29 is 0 Å². The minimum atomic E-state index is 0.802. The first-order valence-corrected chi connectivity index (χ1v) is 20.5. The van der Waals surface area contributed by atoms with Crippen molar-refractivity contribution in [1.82, 2.24) is 0 Å². The van der Waals surface area contributed by atoms with E-state index in [1.54, 1.807) is 37.7 Å². The summed E-state index contributed by atoms with van der Waals surface area (Å²) in [4.78, 5) is 0. The summed E-state index contributed by atoms with van der Waals surface area (Å²) in [6, 6.07) is 0. The van der Waals surface area contributed by atoms with Crippen LogP contribution in [0.5, 0.6) is 0 Å². The van der Waals surface area contributed by atoms with E-state index < -0.39 is 0 Å². The van der Waals surface area contributed by atoms with Crippen molar-refractivity contribution >= 4 is 0 Å². The van der Waals surface area contributed by atoms with Crippen molar-refractivity contribution in [1.29, 1.82) is 0 Å². The molecule has 0 aromatic carbocycles. The SMILES string of the molecule is C=C1C2=CC(C3CCCC(CCC)C3)CCC2CCC2C1CC(C1CCCC(CCC)C1)CC2C1CCCC(CCC)C1. The molecule has 0 saturated heterocycles. The molecule has 12 unspecified atom stereocenters. The second-order valence-corrected chi connectivity index (χ2v) is 17.6. The average Bonchev–Trinajstić information content (AvgIpc) is 3.17. The third-order valence-electron chi connectivity index (χ3n) is 15.0. The maximum Gasteiger partial charge on any atom is -0.0131 e. The van der Waals surface area contributed by atoms with Gasteiger partial charge in [-0.05, 0) is 146 Å². The zero-order valence-corrected chi connectivity index (χ0v) is 29.2. The lowest BCUT2D eigenvalue weighted by Crippen LogP contribution is -2.41. The van der Waals surface area contributed by atoms with Crippen LogP contribution < -0.4 is 0 Å². The summed E-state index contributed by atoms with van der Waals surface area (Å²) in [6.45, 7) is 12.4. The van der Waals surface area contributed by atoms with Gasteiger partial charge in [0.2, 0.25) is 0 Å². The second kappa shape index (κ2) is 15.4. The van der Waals surface area contributed by atoms with Crippen LogP contribution >= 0.6 is 0 Å². The summed E-state index contributed by atoms with van der Waals surface area (Å²) in [5.74, 6) is 11.5. The molecule has 0 heteroatoms. The van der Waals surface area contributed by atoms with E-state index in [-0.39, 0.29) is 0 Å². The smallest absolute Gasteiger partial charge is 0.0131 e. The summed E-state index contributed by atoms with van der Waals surface area (Å²) < 4.78 is 0. The Morgan fingerprint density at radius 2 is 1.09 bits per heavy atom. The van der Waals surface area contributed by atoms with E-state index in [0.717, 1.165) is 71.0 Å². The number of hydrogen-bond acceptors (Lipinski definition) is 0. The van der Waals surface area contributed by atoms with Crippen molar-refractivity contribution in [3.05, 3.63) is 23.8 Å². The molecular weight excluding hydrogens is 516 g/mol. The third-order valence-corrected chi connectivity index (χ3v) is 15.0. The van der Waals surface area contributed by atoms with Crippen LogP contribution in [-0.2, 0) is 0 Å². The molecule has 0 aromatic rings. The summed E-state index contributed by atoms with van der Waals surface area (Å²) in [5.41, 5.74) is 3.51. The predicted octanol–water partition coefficient (Wildman–Crippen LogP) is 13.4. The lowest BCUT2D eigenvalue weighted by atomic mass is 9.55. The van der Waals surface area contributed by atoms with E-state index in [1.165, 1.54) is 122 Å². The van der Waals surface area contributed by atoms with Crippen molar-refractivity contribution in [2.75, 3.05) is 0 Å². The van der Waals surface area contributed by atoms with Gasteiger partial charge in [0.15, 0.2) is 0 Å². The molecule has 6 rings (SSSR count). The fraction of sp³-hybridized carbons (Fsp3) is 0.907. The maximum absolute atomic E-state index is 5.15. The molecule has 43 heavy (non-hydrogen) atoms. The van der Waals surface area contributed by atoms with Crippen molar-refractivity contribution in [2.24, 2.45) is 71.0 Å². The molecule has 0 aliphatic heterocycles. The van der Waals surface area contributed by atoms with E-state index in [0.29, 0.717) is 0 Å². The first-order valence-electron chi connectivity index (χ1n) is 20.5. The van der Waals surface area contributed by atoms with Gasteiger partial charge in [0.05, 0.1) is 0 Å². The van der Waals surface area contributed by atoms with Crippen LogP contribution in [0.4, 0.5) is 0 Å². The summed E-state index contributed by atoms with van der Waals surface area (Å²) in [7, 11) is 0. The zero-order valence-electron chi connectivity index (χ0n) is 29.2. The Hall–Kier alpha value is -0.520. The highest BCUT2D eigenvalue weighted by Crippen LogP contribution is 2.58. The minimum Gasteiger partial charge on any atom is -0.0953 e. The predicted molar refractivity (Wildman–Crippen MR) is 187 cm³/mol. The van der Waals surface area contributed by atoms with Crippen LogP contribution in [-0.4, -0.2) is 0 Å². The van der Waals surface area contributed by atoms with Gasteiger partial charge in [-0.2, -0.15) is 0 Å². The van der Waals surface area contributed by atoms with Gasteiger partial charge in [-0.15, -0.1) is 0 Å². The largest absolute Gasteiger partial charge is 0.0953 e. The summed E-state index contributed by atoms with van der Waals surface area (Å²) >= 11 is 0. The molecule has 6 aliphatic rings. The van der Waals surface area contributed by atoms with E-state index >= 15 is 0 Å². The quantitative estimate of drug-likeness (QED) is 0.251. The van der Waals surface area contributed by atoms with Crippen molar-refractivity contribution in [3.8, 4) is 0 Å². The Labute approximate surface area is 269 Å². The van der Waals surface area contributed by atoms with Crippen LogP contribution in [0.2, 0.25) is 0 Å². The van der Waals surface area contributed by atoms with Crippen molar-refractivity contribution in [2.45, 2.75) is 175 Å². The fourth-order valence-corrected chi connectivity index (χ4v) is 13.0. The van der Waals surface area contributed by atoms with Gasteiger partial charge in [-0.3, -0.25) is 0 Å². The molecule has 0 nitrogen and oxygen atoms in total. The first-order chi connectivity index (χ1) is 21.1. The van der Waals surface area contributed by atoms with Gasteiger partial charge in [0.25, 0.3) is 0 Å². The van der Waals surface area contributed by atoms with Gasteiger partial charge in [0, 0.05) is 0 Å². The van der Waals surface area contributed by atoms with E-state index in [4.69, 9.17) is 6.58 Å². The molecule has 0 radical (unpaired) electrons. The van der Waals surface area contributed by atoms with Crippen LogP contribution in [0.15, 0.2) is 23.8 Å². The summed E-state index contributed by atoms with van der Waals surface area (Å²) in [5, 5.41) is 0. The molecule has 0 N–H and O–H groups in total. The monoisotopic (exact) mass is 589 g/mol. The molecule has 5 saturated carbocycles. The lowest BCUT2D eigenvalue weighted by molar-refractivity contribution is 0.0159. The molecular formula is C43H72. The molecule has 0 spiro atoms. The maximum atomic E-state index is 5.15. The van der Waals surface area contributed by atoms with E-state index in [2.05, 4.69) is 26.8 Å². The van der Waals surface area contributed by atoms with Gasteiger partial charge >= 0.3 is 0 Å². The number of rotatable bonds is 9. The number of allylic oxidation sites excluding steroid dienone is 3. The minimum absolute atomic E-state index is 0.802. The van der Waals surface area contributed by atoms with Gasteiger partial charge in [-0.1, -0.05) is 123 Å². The number of fused-ring (bicyclic) bond motifs is 2. The Morgan fingerprint density at radius 1 is 0.535 bits per heavy atom. The Bertz CT molecular complexity index is 903. The van der Waals surface area contributed by atoms with Crippen LogP contribution in [0.3, 0.4) is 0 Å². The molecule has 12 atom stereocenters. The molecule has 0 aromatic heterocycles. The Balaban J connectivity index is 1.24. The van der Waals surface area contributed by atoms with Gasteiger partial charge in [0.1, 0.15) is 0 Å². The topological polar surface area (TPSA) is 0 Å². The highest BCUT2D eigenvalue weighted by Gasteiger charge is 2.48. The first kappa shape index (κ1) is 32.4. The zero-order chi connectivity index (χ0) is 29.8. The molecule has 0 amide bonds. The second-order valence-electron chi connectivity index (χ2n) is 17.6. The Kier molecular flexibility index (Phi) is 11.6. The van der Waals surface area contributed by atoms with Crippen LogP contribution in [0.1, 0.15) is 175 Å². The molecule has 0 bridgehead atoms.